The van der Waals surface area contributed by atoms with Crippen LogP contribution in [0.3, 0.4) is 0 Å². The molecule has 3 heterocycles. The summed E-state index contributed by atoms with van der Waals surface area (Å²) in [7, 11) is 3.46. The Labute approximate surface area is 249 Å². The number of anilines is 2. The van der Waals surface area contributed by atoms with Gasteiger partial charge in [0.2, 0.25) is 0 Å². The number of para-hydroxylation sites is 1. The highest BCUT2D eigenvalue weighted by molar-refractivity contribution is 7.98. The molecule has 3 aromatic carbocycles. The molecule has 0 saturated carbocycles. The Morgan fingerprint density at radius 1 is 0.976 bits per heavy atom. The van der Waals surface area contributed by atoms with Crippen molar-refractivity contribution in [3.63, 3.8) is 0 Å². The molecule has 0 unspecified atom stereocenters. The summed E-state index contributed by atoms with van der Waals surface area (Å²) < 4.78 is 5.32. The van der Waals surface area contributed by atoms with Crippen LogP contribution in [0.5, 0.6) is 5.75 Å². The number of benzene rings is 3. The SMILES string of the molecule is COc1ccc(CN2CN(C)C(=O)c3c(N[C@@H](C)c4cc5ccccc5nc4-c4ccccc4)nc(SC)nc32)cc1. The summed E-state index contributed by atoms with van der Waals surface area (Å²) in [6, 6.07) is 28.2. The van der Waals surface area contributed by atoms with Gasteiger partial charge in [-0.3, -0.25) is 4.79 Å². The second kappa shape index (κ2) is 11.7. The van der Waals surface area contributed by atoms with E-state index in [1.54, 1.807) is 12.0 Å². The van der Waals surface area contributed by atoms with Gasteiger partial charge in [-0.1, -0.05) is 72.4 Å². The zero-order valence-electron chi connectivity index (χ0n) is 24.0. The predicted octanol–water partition coefficient (Wildman–Crippen LogP) is 6.65. The lowest BCUT2D eigenvalue weighted by atomic mass is 9.98. The van der Waals surface area contributed by atoms with E-state index >= 15 is 0 Å². The molecule has 0 saturated heterocycles. The summed E-state index contributed by atoms with van der Waals surface area (Å²) in [6.07, 6.45) is 1.94. The van der Waals surface area contributed by atoms with E-state index < -0.39 is 0 Å². The number of thioether (sulfide) groups is 1. The largest absolute Gasteiger partial charge is 0.497 e. The molecule has 42 heavy (non-hydrogen) atoms. The molecule has 2 aromatic heterocycles. The van der Waals surface area contributed by atoms with Crippen molar-refractivity contribution in [3.8, 4) is 17.0 Å². The first-order valence-electron chi connectivity index (χ1n) is 13.8. The lowest BCUT2D eigenvalue weighted by Crippen LogP contribution is -2.45. The van der Waals surface area contributed by atoms with E-state index in [1.807, 2.05) is 74.0 Å². The van der Waals surface area contributed by atoms with Gasteiger partial charge in [-0.15, -0.1) is 0 Å². The zero-order valence-corrected chi connectivity index (χ0v) is 24.9. The Hall–Kier alpha value is -4.63. The van der Waals surface area contributed by atoms with E-state index in [4.69, 9.17) is 19.7 Å². The first-order valence-corrected chi connectivity index (χ1v) is 15.0. The molecule has 5 aromatic rings. The van der Waals surface area contributed by atoms with Crippen molar-refractivity contribution in [2.45, 2.75) is 24.7 Å². The maximum Gasteiger partial charge on any atom is 0.262 e. The standard InChI is InChI=1S/C33H32N6O2S/c1-21(26-18-24-12-8-9-13-27(24)35-29(26)23-10-6-5-7-11-23)34-30-28-31(37-33(36-30)42-4)39(20-38(2)32(28)40)19-22-14-16-25(41-3)17-15-22/h5-18,21H,19-20H2,1-4H3,(H,34,36,37)/t21-/m0/s1. The maximum atomic E-state index is 13.6. The number of methoxy groups -OCH3 is 1. The molecule has 6 rings (SSSR count). The van der Waals surface area contributed by atoms with Crippen molar-refractivity contribution in [3.05, 3.63) is 102 Å². The molecule has 0 fully saturated rings. The average molecular weight is 577 g/mol. The minimum atomic E-state index is -0.207. The van der Waals surface area contributed by atoms with Crippen LogP contribution in [0.2, 0.25) is 0 Å². The van der Waals surface area contributed by atoms with Crippen molar-refractivity contribution in [2.75, 3.05) is 37.3 Å². The number of rotatable bonds is 8. The lowest BCUT2D eigenvalue weighted by Gasteiger charge is -2.36. The fraction of sp³-hybridized carbons (Fsp3) is 0.212. The Kier molecular flexibility index (Phi) is 7.67. The van der Waals surface area contributed by atoms with Crippen LogP contribution in [0.1, 0.15) is 34.5 Å². The number of hydrogen-bond donors (Lipinski definition) is 1. The monoisotopic (exact) mass is 576 g/mol. The highest BCUT2D eigenvalue weighted by Gasteiger charge is 2.33. The number of aromatic nitrogens is 3. The molecular weight excluding hydrogens is 544 g/mol. The third kappa shape index (κ3) is 5.35. The number of fused-ring (bicyclic) bond motifs is 2. The third-order valence-electron chi connectivity index (χ3n) is 7.45. The first kappa shape index (κ1) is 27.5. The number of pyridine rings is 1. The maximum absolute atomic E-state index is 13.6. The Morgan fingerprint density at radius 2 is 1.71 bits per heavy atom. The number of hydrogen-bond acceptors (Lipinski definition) is 8. The Morgan fingerprint density at radius 3 is 2.45 bits per heavy atom. The van der Waals surface area contributed by atoms with Crippen molar-refractivity contribution in [2.24, 2.45) is 0 Å². The molecule has 1 atom stereocenters. The molecule has 9 heteroatoms. The summed E-state index contributed by atoms with van der Waals surface area (Å²) in [5, 5.41) is 5.24. The highest BCUT2D eigenvalue weighted by Crippen LogP contribution is 2.36. The molecule has 212 valence electrons. The lowest BCUT2D eigenvalue weighted by molar-refractivity contribution is 0.0780. The van der Waals surface area contributed by atoms with Crippen molar-refractivity contribution in [1.29, 1.82) is 0 Å². The number of carbonyl (C=O) groups excluding carboxylic acids is 1. The highest BCUT2D eigenvalue weighted by atomic mass is 32.2. The molecule has 1 N–H and O–H groups in total. The van der Waals surface area contributed by atoms with Crippen LogP contribution in [-0.2, 0) is 6.54 Å². The van der Waals surface area contributed by atoms with Gasteiger partial charge in [-0.2, -0.15) is 0 Å². The van der Waals surface area contributed by atoms with E-state index in [9.17, 15) is 4.79 Å². The predicted molar refractivity (Wildman–Crippen MR) is 169 cm³/mol. The van der Waals surface area contributed by atoms with Crippen molar-refractivity contribution < 1.29 is 9.53 Å². The summed E-state index contributed by atoms with van der Waals surface area (Å²) in [5.41, 5.74) is 5.44. The normalized spacial score (nSPS) is 13.7. The smallest absolute Gasteiger partial charge is 0.262 e. The molecule has 0 aliphatic carbocycles. The Bertz CT molecular complexity index is 1750. The van der Waals surface area contributed by atoms with Gasteiger partial charge in [-0.25, -0.2) is 15.0 Å². The van der Waals surface area contributed by atoms with Crippen LogP contribution in [0, 0.1) is 0 Å². The van der Waals surface area contributed by atoms with Gasteiger partial charge in [0, 0.05) is 30.1 Å². The van der Waals surface area contributed by atoms with Gasteiger partial charge in [0.05, 0.1) is 31.0 Å². The summed E-state index contributed by atoms with van der Waals surface area (Å²) in [5.74, 6) is 1.83. The van der Waals surface area contributed by atoms with Gasteiger partial charge in [-0.05, 0) is 43.0 Å². The Balaban J connectivity index is 1.42. The van der Waals surface area contributed by atoms with Crippen LogP contribution in [0.4, 0.5) is 11.6 Å². The third-order valence-corrected chi connectivity index (χ3v) is 8.00. The van der Waals surface area contributed by atoms with E-state index in [0.29, 0.717) is 35.6 Å². The van der Waals surface area contributed by atoms with Crippen molar-refractivity contribution >= 4 is 40.2 Å². The molecular formula is C33H32N6O2S. The summed E-state index contributed by atoms with van der Waals surface area (Å²) in [4.78, 5) is 32.2. The van der Waals surface area contributed by atoms with E-state index in [1.165, 1.54) is 11.8 Å². The zero-order chi connectivity index (χ0) is 29.2. The molecule has 0 radical (unpaired) electrons. The van der Waals surface area contributed by atoms with Crippen LogP contribution >= 0.6 is 11.8 Å². The second-order valence-corrected chi connectivity index (χ2v) is 11.1. The van der Waals surface area contributed by atoms with E-state index in [-0.39, 0.29) is 11.9 Å². The van der Waals surface area contributed by atoms with E-state index in [2.05, 4.69) is 41.4 Å². The topological polar surface area (TPSA) is 83.5 Å². The number of ether oxygens (including phenoxy) is 1. The fourth-order valence-electron chi connectivity index (χ4n) is 5.28. The van der Waals surface area contributed by atoms with Gasteiger partial charge in [0.25, 0.3) is 5.91 Å². The summed E-state index contributed by atoms with van der Waals surface area (Å²) in [6.45, 7) is 3.09. The van der Waals surface area contributed by atoms with Crippen LogP contribution < -0.4 is 15.0 Å². The minimum Gasteiger partial charge on any atom is -0.497 e. The summed E-state index contributed by atoms with van der Waals surface area (Å²) >= 11 is 1.45. The van der Waals surface area contributed by atoms with Gasteiger partial charge < -0.3 is 19.9 Å². The first-order chi connectivity index (χ1) is 20.4. The second-order valence-electron chi connectivity index (χ2n) is 10.3. The quantitative estimate of drug-likeness (QED) is 0.163. The van der Waals surface area contributed by atoms with Crippen LogP contribution in [-0.4, -0.2) is 52.8 Å². The number of nitrogens with zero attached hydrogens (tertiary/aromatic N) is 5. The van der Waals surface area contributed by atoms with Crippen LogP contribution in [0.15, 0.2) is 90.1 Å². The van der Waals surface area contributed by atoms with Gasteiger partial charge >= 0.3 is 0 Å². The van der Waals surface area contributed by atoms with Gasteiger partial charge in [0.15, 0.2) is 5.16 Å². The molecule has 1 aliphatic rings. The molecule has 8 nitrogen and oxygen atoms in total. The molecule has 0 bridgehead atoms. The van der Waals surface area contributed by atoms with Crippen LogP contribution in [0.25, 0.3) is 22.2 Å². The fourth-order valence-corrected chi connectivity index (χ4v) is 5.64. The van der Waals surface area contributed by atoms with E-state index in [0.717, 1.165) is 39.0 Å². The minimum absolute atomic E-state index is 0.113. The molecule has 1 aliphatic heterocycles. The van der Waals surface area contributed by atoms with Crippen molar-refractivity contribution in [1.82, 2.24) is 19.9 Å². The molecule has 1 amide bonds. The molecule has 0 spiro atoms. The number of nitrogens with one attached hydrogen (secondary N) is 1. The average Bonchev–Trinajstić information content (AvgIpc) is 3.03. The number of amides is 1. The number of carbonyl (C=O) groups is 1. The van der Waals surface area contributed by atoms with Gasteiger partial charge in [0.1, 0.15) is 22.9 Å².